The van der Waals surface area contributed by atoms with Crippen LogP contribution >= 0.6 is 11.6 Å². The largest absolute Gasteiger partial charge is 0.481 e. The number of ether oxygens (including phenoxy) is 1. The third-order valence-corrected chi connectivity index (χ3v) is 3.07. The van der Waals surface area contributed by atoms with Gasteiger partial charge in [0.25, 0.3) is 0 Å². The van der Waals surface area contributed by atoms with Crippen molar-refractivity contribution in [2.24, 2.45) is 5.73 Å². The minimum atomic E-state index is -0.601. The highest BCUT2D eigenvalue weighted by Crippen LogP contribution is 2.45. The maximum Gasteiger partial charge on any atom is 0.219 e. The summed E-state index contributed by atoms with van der Waals surface area (Å²) in [5.41, 5.74) is 6.22. The van der Waals surface area contributed by atoms with Gasteiger partial charge in [-0.15, -0.1) is 0 Å². The summed E-state index contributed by atoms with van der Waals surface area (Å²) in [6, 6.07) is 1.68. The summed E-state index contributed by atoms with van der Waals surface area (Å²) in [6.07, 6.45) is 2.21. The quantitative estimate of drug-likeness (QED) is 0.794. The normalized spacial score (nSPS) is 29.7. The first kappa shape index (κ1) is 10.7. The van der Waals surface area contributed by atoms with Gasteiger partial charge in [-0.3, -0.25) is 0 Å². The number of aliphatic hydroxyl groups excluding tert-OH is 1. The zero-order valence-electron chi connectivity index (χ0n) is 8.40. The molecular formula is C10H13ClN2O2. The Morgan fingerprint density at radius 3 is 2.87 bits per heavy atom. The molecule has 0 amide bonds. The second-order valence-electron chi connectivity index (χ2n) is 3.90. The molecule has 1 aromatic rings. The zero-order valence-corrected chi connectivity index (χ0v) is 9.16. The molecule has 5 heteroatoms. The molecule has 15 heavy (non-hydrogen) atoms. The van der Waals surface area contributed by atoms with Crippen molar-refractivity contribution in [2.75, 3.05) is 7.11 Å². The first-order chi connectivity index (χ1) is 7.07. The number of rotatable bonds is 2. The van der Waals surface area contributed by atoms with Crippen LogP contribution in [0.25, 0.3) is 0 Å². The number of hydrogen-bond acceptors (Lipinski definition) is 4. The molecular weight excluding hydrogens is 216 g/mol. The first-order valence-corrected chi connectivity index (χ1v) is 5.10. The van der Waals surface area contributed by atoms with Gasteiger partial charge in [-0.1, -0.05) is 11.6 Å². The number of methoxy groups -OCH3 is 1. The van der Waals surface area contributed by atoms with Crippen molar-refractivity contribution in [3.63, 3.8) is 0 Å². The molecule has 82 valence electrons. The monoisotopic (exact) mass is 228 g/mol. The predicted molar refractivity (Wildman–Crippen MR) is 56.9 cm³/mol. The Morgan fingerprint density at radius 1 is 1.67 bits per heavy atom. The molecule has 1 saturated carbocycles. The minimum absolute atomic E-state index is 0.351. The Balaban J connectivity index is 2.42. The molecule has 1 fully saturated rings. The van der Waals surface area contributed by atoms with Gasteiger partial charge in [0.2, 0.25) is 5.88 Å². The molecule has 1 aromatic heterocycles. The fourth-order valence-corrected chi connectivity index (χ4v) is 2.34. The van der Waals surface area contributed by atoms with Crippen LogP contribution in [-0.2, 0) is 5.54 Å². The van der Waals surface area contributed by atoms with E-state index in [0.29, 0.717) is 29.3 Å². The molecule has 2 rings (SSSR count). The van der Waals surface area contributed by atoms with Gasteiger partial charge >= 0.3 is 0 Å². The van der Waals surface area contributed by atoms with E-state index in [1.165, 1.54) is 7.11 Å². The van der Waals surface area contributed by atoms with Crippen LogP contribution in [0.5, 0.6) is 5.88 Å². The van der Waals surface area contributed by atoms with Gasteiger partial charge in [0.1, 0.15) is 0 Å². The van der Waals surface area contributed by atoms with Crippen molar-refractivity contribution in [3.8, 4) is 5.88 Å². The standard InChI is InChI=1S/C10H13ClN2O2/c1-15-9-8(7(11)2-3-13-9)10(12)4-6(14)5-10/h2-3,6,14H,4-5,12H2,1H3. The van der Waals surface area contributed by atoms with Gasteiger partial charge in [-0.2, -0.15) is 0 Å². The topological polar surface area (TPSA) is 68.4 Å². The lowest BCUT2D eigenvalue weighted by Gasteiger charge is -2.43. The van der Waals surface area contributed by atoms with Crippen LogP contribution in [0.15, 0.2) is 12.3 Å². The maximum atomic E-state index is 9.32. The molecule has 3 N–H and O–H groups in total. The molecule has 0 radical (unpaired) electrons. The minimum Gasteiger partial charge on any atom is -0.481 e. The van der Waals surface area contributed by atoms with Gasteiger partial charge in [0, 0.05) is 6.20 Å². The number of nitrogens with two attached hydrogens (primary N) is 1. The van der Waals surface area contributed by atoms with Gasteiger partial charge in [0.05, 0.1) is 29.3 Å². The lowest BCUT2D eigenvalue weighted by atomic mass is 9.71. The summed E-state index contributed by atoms with van der Waals surface area (Å²) in [7, 11) is 1.53. The van der Waals surface area contributed by atoms with Crippen LogP contribution in [-0.4, -0.2) is 23.3 Å². The van der Waals surface area contributed by atoms with E-state index in [2.05, 4.69) is 4.98 Å². The van der Waals surface area contributed by atoms with Crippen LogP contribution in [0.1, 0.15) is 18.4 Å². The Bertz CT molecular complexity index is 378. The lowest BCUT2D eigenvalue weighted by molar-refractivity contribution is 0.0196. The summed E-state index contributed by atoms with van der Waals surface area (Å²) in [6.45, 7) is 0. The average molecular weight is 229 g/mol. The molecule has 4 nitrogen and oxygen atoms in total. The van der Waals surface area contributed by atoms with Gasteiger partial charge in [-0.25, -0.2) is 4.98 Å². The molecule has 1 aliphatic rings. The molecule has 0 aromatic carbocycles. The molecule has 1 heterocycles. The van der Waals surface area contributed by atoms with E-state index in [-0.39, 0.29) is 6.10 Å². The second kappa shape index (κ2) is 3.63. The number of nitrogens with zero attached hydrogens (tertiary/aromatic N) is 1. The third-order valence-electron chi connectivity index (χ3n) is 2.76. The number of aliphatic hydroxyl groups is 1. The SMILES string of the molecule is COc1nccc(Cl)c1C1(N)CC(O)C1. The molecule has 0 unspecified atom stereocenters. The molecule has 0 aliphatic heterocycles. The Morgan fingerprint density at radius 2 is 2.33 bits per heavy atom. The van der Waals surface area contributed by atoms with Crippen molar-refractivity contribution in [1.82, 2.24) is 4.98 Å². The second-order valence-corrected chi connectivity index (χ2v) is 4.30. The van der Waals surface area contributed by atoms with Crippen LogP contribution in [0.2, 0.25) is 5.02 Å². The summed E-state index contributed by atoms with van der Waals surface area (Å²) in [4.78, 5) is 4.06. The van der Waals surface area contributed by atoms with E-state index in [9.17, 15) is 5.11 Å². The highest BCUT2D eigenvalue weighted by Gasteiger charge is 2.45. The summed E-state index contributed by atoms with van der Waals surface area (Å²) < 4.78 is 5.13. The van der Waals surface area contributed by atoms with E-state index in [4.69, 9.17) is 22.1 Å². The smallest absolute Gasteiger partial charge is 0.219 e. The van der Waals surface area contributed by atoms with Crippen LogP contribution in [0.4, 0.5) is 0 Å². The van der Waals surface area contributed by atoms with Crippen molar-refractivity contribution in [2.45, 2.75) is 24.5 Å². The van der Waals surface area contributed by atoms with Crippen molar-refractivity contribution < 1.29 is 9.84 Å². The highest BCUT2D eigenvalue weighted by molar-refractivity contribution is 6.31. The van der Waals surface area contributed by atoms with E-state index in [1.807, 2.05) is 0 Å². The van der Waals surface area contributed by atoms with Crippen molar-refractivity contribution in [3.05, 3.63) is 22.8 Å². The molecule has 0 bridgehead atoms. The number of aromatic nitrogens is 1. The van der Waals surface area contributed by atoms with E-state index >= 15 is 0 Å². The fraction of sp³-hybridized carbons (Fsp3) is 0.500. The summed E-state index contributed by atoms with van der Waals surface area (Å²) in [5.74, 6) is 0.442. The Kier molecular flexibility index (Phi) is 2.58. The maximum absolute atomic E-state index is 9.32. The number of halogens is 1. The molecule has 0 atom stereocenters. The number of pyridine rings is 1. The van der Waals surface area contributed by atoms with Gasteiger partial charge in [0.15, 0.2) is 0 Å². The van der Waals surface area contributed by atoms with E-state index < -0.39 is 5.54 Å². The zero-order chi connectivity index (χ0) is 11.1. The van der Waals surface area contributed by atoms with Crippen LogP contribution < -0.4 is 10.5 Å². The Hall–Kier alpha value is -0.840. The van der Waals surface area contributed by atoms with Crippen molar-refractivity contribution in [1.29, 1.82) is 0 Å². The van der Waals surface area contributed by atoms with Crippen LogP contribution in [0, 0.1) is 0 Å². The van der Waals surface area contributed by atoms with E-state index in [0.717, 1.165) is 0 Å². The fourth-order valence-electron chi connectivity index (χ4n) is 2.01. The van der Waals surface area contributed by atoms with Gasteiger partial charge < -0.3 is 15.6 Å². The third kappa shape index (κ3) is 1.69. The van der Waals surface area contributed by atoms with Crippen LogP contribution in [0.3, 0.4) is 0 Å². The van der Waals surface area contributed by atoms with Crippen molar-refractivity contribution >= 4 is 11.6 Å². The van der Waals surface area contributed by atoms with E-state index in [1.54, 1.807) is 12.3 Å². The average Bonchev–Trinajstić information content (AvgIpc) is 2.14. The van der Waals surface area contributed by atoms with Gasteiger partial charge in [-0.05, 0) is 18.9 Å². The highest BCUT2D eigenvalue weighted by atomic mass is 35.5. The lowest BCUT2D eigenvalue weighted by Crippen LogP contribution is -2.52. The molecule has 0 spiro atoms. The number of hydrogen-bond donors (Lipinski definition) is 2. The molecule has 0 saturated heterocycles. The first-order valence-electron chi connectivity index (χ1n) is 4.73. The predicted octanol–water partition coefficient (Wildman–Crippen LogP) is 1.05. The Labute approximate surface area is 93.0 Å². The molecule has 1 aliphatic carbocycles. The summed E-state index contributed by atoms with van der Waals surface area (Å²) >= 11 is 6.07. The summed E-state index contributed by atoms with van der Waals surface area (Å²) in [5, 5.41) is 9.85.